The van der Waals surface area contributed by atoms with E-state index in [4.69, 9.17) is 4.74 Å². The number of alkyl carbamates (subject to hydrolysis) is 1. The minimum Gasteiger partial charge on any atom is -0.449 e. The molecule has 1 saturated heterocycles. The van der Waals surface area contributed by atoms with E-state index in [9.17, 15) is 41.2 Å². The number of halogens is 2. The third-order valence-corrected chi connectivity index (χ3v) is 7.22. The third kappa shape index (κ3) is 9.49. The molecule has 2 unspecified atom stereocenters. The van der Waals surface area contributed by atoms with Crippen molar-refractivity contribution in [2.75, 3.05) is 13.2 Å². The van der Waals surface area contributed by atoms with Crippen molar-refractivity contribution >= 4 is 28.0 Å². The van der Waals surface area contributed by atoms with Gasteiger partial charge in [-0.3, -0.25) is 14.1 Å². The maximum atomic E-state index is 13.3. The molecule has 3 amide bonds. The average Bonchev–Trinajstić information content (AvgIpc) is 3.14. The van der Waals surface area contributed by atoms with Gasteiger partial charge in [0.05, 0.1) is 12.6 Å². The van der Waals surface area contributed by atoms with Gasteiger partial charge in [0.25, 0.3) is 10.1 Å². The van der Waals surface area contributed by atoms with Gasteiger partial charge in [-0.05, 0) is 43.9 Å². The van der Waals surface area contributed by atoms with Gasteiger partial charge < -0.3 is 25.8 Å². The van der Waals surface area contributed by atoms with Crippen molar-refractivity contribution in [2.45, 2.75) is 82.2 Å². The summed E-state index contributed by atoms with van der Waals surface area (Å²) >= 11 is 0. The Morgan fingerprint density at radius 2 is 1.83 bits per heavy atom. The molecule has 0 aromatic heterocycles. The summed E-state index contributed by atoms with van der Waals surface area (Å²) in [6.07, 6.45) is -0.838. The number of aliphatic hydroxyl groups excluding tert-OH is 1. The second-order valence-electron chi connectivity index (χ2n) is 9.76. The standard InChI is InChI=1S/C21H35F2N3O8S/c1-12(2)9-15(26-20(30)34-11-13-3-6-21(22,23)7-4-13)18(28)25-16(19(29)35(31,32)33)10-14-5-8-24-17(14)27/h12-16,19,29H,3-11H2,1-2H3,(H,24,27)(H,25,28)(H,26,30)(H,31,32,33)/t14?,15-,16-,19?/m1/s1. The van der Waals surface area contributed by atoms with Gasteiger partial charge in [-0.25, -0.2) is 13.6 Å². The van der Waals surface area contributed by atoms with Gasteiger partial charge in [0, 0.05) is 25.3 Å². The Morgan fingerprint density at radius 3 is 2.34 bits per heavy atom. The molecule has 202 valence electrons. The molecule has 1 aliphatic heterocycles. The third-order valence-electron chi connectivity index (χ3n) is 6.28. The quantitative estimate of drug-likeness (QED) is 0.249. The Labute approximate surface area is 203 Å². The highest BCUT2D eigenvalue weighted by Gasteiger charge is 2.38. The number of hydrogen-bond acceptors (Lipinski definition) is 7. The van der Waals surface area contributed by atoms with Gasteiger partial charge in [-0.1, -0.05) is 13.8 Å². The normalized spacial score (nSPS) is 23.3. The van der Waals surface area contributed by atoms with Crippen LogP contribution in [0.15, 0.2) is 0 Å². The van der Waals surface area contributed by atoms with Crippen molar-refractivity contribution in [1.29, 1.82) is 0 Å². The number of ether oxygens (including phenoxy) is 1. The number of amides is 3. The molecule has 11 nitrogen and oxygen atoms in total. The zero-order chi connectivity index (χ0) is 26.4. The number of hydrogen-bond donors (Lipinski definition) is 5. The molecule has 0 bridgehead atoms. The summed E-state index contributed by atoms with van der Waals surface area (Å²) in [6, 6.07) is -2.69. The van der Waals surface area contributed by atoms with E-state index in [1.165, 1.54) is 0 Å². The molecule has 1 heterocycles. The molecule has 2 aliphatic rings. The summed E-state index contributed by atoms with van der Waals surface area (Å²) in [6.45, 7) is 3.83. The molecule has 4 atom stereocenters. The maximum absolute atomic E-state index is 13.3. The lowest BCUT2D eigenvalue weighted by Crippen LogP contribution is -2.55. The van der Waals surface area contributed by atoms with Gasteiger partial charge >= 0.3 is 6.09 Å². The zero-order valence-corrected chi connectivity index (χ0v) is 20.7. The first-order valence-corrected chi connectivity index (χ1v) is 13.2. The monoisotopic (exact) mass is 527 g/mol. The first kappa shape index (κ1) is 29.2. The van der Waals surface area contributed by atoms with Crippen molar-refractivity contribution in [1.82, 2.24) is 16.0 Å². The van der Waals surface area contributed by atoms with Crippen LogP contribution in [0.25, 0.3) is 0 Å². The molecular formula is C21H35F2N3O8S. The Kier molecular flexibility index (Phi) is 10.2. The van der Waals surface area contributed by atoms with Crippen LogP contribution in [0.3, 0.4) is 0 Å². The number of nitrogens with one attached hydrogen (secondary N) is 3. The van der Waals surface area contributed by atoms with Gasteiger partial charge in [0.15, 0.2) is 0 Å². The molecule has 2 rings (SSSR count). The molecule has 5 N–H and O–H groups in total. The van der Waals surface area contributed by atoms with E-state index in [0.717, 1.165) is 0 Å². The topological polar surface area (TPSA) is 171 Å². The van der Waals surface area contributed by atoms with Gasteiger partial charge in [0.2, 0.25) is 23.2 Å². The van der Waals surface area contributed by atoms with Crippen molar-refractivity contribution in [3.05, 3.63) is 0 Å². The predicted molar refractivity (Wildman–Crippen MR) is 120 cm³/mol. The Bertz CT molecular complexity index is 861. The van der Waals surface area contributed by atoms with Crippen LogP contribution in [0.2, 0.25) is 0 Å². The number of carbonyl (C=O) groups excluding carboxylic acids is 3. The molecule has 0 aromatic carbocycles. The Hall–Kier alpha value is -2.06. The molecule has 1 aliphatic carbocycles. The van der Waals surface area contributed by atoms with Crippen LogP contribution in [0.1, 0.15) is 58.8 Å². The van der Waals surface area contributed by atoms with Gasteiger partial charge in [-0.2, -0.15) is 8.42 Å². The second kappa shape index (κ2) is 12.3. The fourth-order valence-electron chi connectivity index (χ4n) is 4.26. The zero-order valence-electron chi connectivity index (χ0n) is 19.8. The molecule has 35 heavy (non-hydrogen) atoms. The van der Waals surface area contributed by atoms with Gasteiger partial charge in [0.1, 0.15) is 6.04 Å². The largest absolute Gasteiger partial charge is 0.449 e. The highest BCUT2D eigenvalue weighted by Crippen LogP contribution is 2.36. The van der Waals surface area contributed by atoms with E-state index in [2.05, 4.69) is 16.0 Å². The SMILES string of the molecule is CC(C)C[C@@H](NC(=O)OCC1CCC(F)(F)CC1)C(=O)N[C@H](CC1CCNC1=O)C(O)S(=O)(=O)O. The molecular weight excluding hydrogens is 492 g/mol. The summed E-state index contributed by atoms with van der Waals surface area (Å²) in [7, 11) is -4.96. The fourth-order valence-corrected chi connectivity index (χ4v) is 4.86. The minimum absolute atomic E-state index is 0.0845. The first-order chi connectivity index (χ1) is 16.2. The first-order valence-electron chi connectivity index (χ1n) is 11.7. The Morgan fingerprint density at radius 1 is 1.20 bits per heavy atom. The second-order valence-corrected chi connectivity index (χ2v) is 11.3. The van der Waals surface area contributed by atoms with E-state index < -0.39 is 51.5 Å². The summed E-state index contributed by atoms with van der Waals surface area (Å²) in [5.41, 5.74) is -2.38. The molecule has 0 spiro atoms. The molecule has 1 saturated carbocycles. The van der Waals surface area contributed by atoms with Crippen LogP contribution < -0.4 is 16.0 Å². The molecule has 2 fully saturated rings. The van der Waals surface area contributed by atoms with Crippen molar-refractivity contribution in [2.24, 2.45) is 17.8 Å². The predicted octanol–water partition coefficient (Wildman–Crippen LogP) is 1.17. The van der Waals surface area contributed by atoms with Crippen molar-refractivity contribution < 1.29 is 46.0 Å². The van der Waals surface area contributed by atoms with Crippen LogP contribution >= 0.6 is 0 Å². The summed E-state index contributed by atoms with van der Waals surface area (Å²) < 4.78 is 64.1. The highest BCUT2D eigenvalue weighted by atomic mass is 32.2. The van der Waals surface area contributed by atoms with Crippen molar-refractivity contribution in [3.63, 3.8) is 0 Å². The number of rotatable bonds is 11. The molecule has 14 heteroatoms. The molecule has 0 radical (unpaired) electrons. The summed E-state index contributed by atoms with van der Waals surface area (Å²) in [5.74, 6) is -4.89. The highest BCUT2D eigenvalue weighted by molar-refractivity contribution is 7.86. The van der Waals surface area contributed by atoms with Crippen LogP contribution in [0.5, 0.6) is 0 Å². The van der Waals surface area contributed by atoms with Gasteiger partial charge in [-0.15, -0.1) is 0 Å². The van der Waals surface area contributed by atoms with E-state index in [0.29, 0.717) is 13.0 Å². The number of alkyl halides is 2. The van der Waals surface area contributed by atoms with Crippen LogP contribution in [0.4, 0.5) is 13.6 Å². The van der Waals surface area contributed by atoms with E-state index in [1.54, 1.807) is 13.8 Å². The van der Waals surface area contributed by atoms with E-state index in [1.807, 2.05) is 0 Å². The summed E-state index contributed by atoms with van der Waals surface area (Å²) in [4.78, 5) is 37.1. The van der Waals surface area contributed by atoms with E-state index >= 15 is 0 Å². The lowest BCUT2D eigenvalue weighted by Gasteiger charge is -2.29. The summed E-state index contributed by atoms with van der Waals surface area (Å²) in [5, 5.41) is 17.4. The maximum Gasteiger partial charge on any atom is 0.407 e. The van der Waals surface area contributed by atoms with E-state index in [-0.39, 0.29) is 62.9 Å². The van der Waals surface area contributed by atoms with Crippen LogP contribution in [-0.4, -0.2) is 72.6 Å². The number of carbonyl (C=O) groups is 3. The molecule has 0 aromatic rings. The smallest absolute Gasteiger partial charge is 0.407 e. The number of aliphatic hydroxyl groups is 1. The lowest BCUT2D eigenvalue weighted by atomic mass is 9.87. The average molecular weight is 528 g/mol. The van der Waals surface area contributed by atoms with Crippen molar-refractivity contribution in [3.8, 4) is 0 Å². The Balaban J connectivity index is 2.01. The minimum atomic E-state index is -4.96. The van der Waals surface area contributed by atoms with Crippen LogP contribution in [-0.2, 0) is 24.4 Å². The fraction of sp³-hybridized carbons (Fsp3) is 0.857. The lowest BCUT2D eigenvalue weighted by molar-refractivity contribution is -0.126. The van der Waals surface area contributed by atoms with Crippen LogP contribution in [0, 0.1) is 17.8 Å².